The van der Waals surface area contributed by atoms with E-state index in [9.17, 15) is 9.50 Å². The summed E-state index contributed by atoms with van der Waals surface area (Å²) in [4.78, 5) is 0. The van der Waals surface area contributed by atoms with Gasteiger partial charge in [0.05, 0.1) is 5.60 Å². The van der Waals surface area contributed by atoms with E-state index in [0.717, 1.165) is 18.4 Å². The van der Waals surface area contributed by atoms with Crippen LogP contribution in [0.4, 0.5) is 4.39 Å². The van der Waals surface area contributed by atoms with E-state index in [1.165, 1.54) is 12.1 Å². The molecule has 2 nitrogen and oxygen atoms in total. The molecule has 0 saturated carbocycles. The predicted octanol–water partition coefficient (Wildman–Crippen LogP) is 2.49. The van der Waals surface area contributed by atoms with Crippen molar-refractivity contribution in [2.75, 3.05) is 6.54 Å². The molecule has 3 N–H and O–H groups in total. The van der Waals surface area contributed by atoms with Crippen LogP contribution in [0.15, 0.2) is 24.3 Å². The van der Waals surface area contributed by atoms with E-state index in [4.69, 9.17) is 5.73 Å². The van der Waals surface area contributed by atoms with E-state index in [1.54, 1.807) is 12.1 Å². The summed E-state index contributed by atoms with van der Waals surface area (Å²) in [5.41, 5.74) is 5.81. The molecule has 0 aliphatic rings. The number of benzene rings is 1. The zero-order chi connectivity index (χ0) is 12.9. The van der Waals surface area contributed by atoms with Crippen LogP contribution in [0.5, 0.6) is 0 Å². The van der Waals surface area contributed by atoms with Gasteiger partial charge in [-0.25, -0.2) is 4.39 Å². The van der Waals surface area contributed by atoms with Crippen molar-refractivity contribution in [2.24, 2.45) is 11.7 Å². The molecule has 0 aliphatic heterocycles. The van der Waals surface area contributed by atoms with Crippen molar-refractivity contribution in [2.45, 2.75) is 38.7 Å². The number of hydrogen-bond acceptors (Lipinski definition) is 2. The van der Waals surface area contributed by atoms with Gasteiger partial charge in [0.25, 0.3) is 0 Å². The van der Waals surface area contributed by atoms with Crippen LogP contribution in [0.1, 0.15) is 32.3 Å². The van der Waals surface area contributed by atoms with Gasteiger partial charge in [-0.2, -0.15) is 0 Å². The van der Waals surface area contributed by atoms with Gasteiger partial charge in [-0.05, 0) is 43.5 Å². The fourth-order valence-electron chi connectivity index (χ4n) is 2.19. The average Bonchev–Trinajstić information content (AvgIpc) is 2.28. The molecule has 0 amide bonds. The molecule has 1 rings (SSSR count). The van der Waals surface area contributed by atoms with Crippen molar-refractivity contribution in [1.29, 1.82) is 0 Å². The van der Waals surface area contributed by atoms with Crippen LogP contribution in [-0.4, -0.2) is 17.3 Å². The van der Waals surface area contributed by atoms with Crippen LogP contribution in [-0.2, 0) is 6.42 Å². The molecule has 96 valence electrons. The van der Waals surface area contributed by atoms with E-state index < -0.39 is 5.60 Å². The second kappa shape index (κ2) is 6.12. The van der Waals surface area contributed by atoms with Gasteiger partial charge in [-0.15, -0.1) is 0 Å². The maximum absolute atomic E-state index is 12.8. The minimum atomic E-state index is -0.831. The first-order valence-corrected chi connectivity index (χ1v) is 6.16. The standard InChI is InChI=1S/C14H22FNO/c1-3-4-12(10-16)14(2,17)9-11-5-7-13(15)8-6-11/h5-8,12,17H,3-4,9-10,16H2,1-2H3. The first kappa shape index (κ1) is 14.1. The SMILES string of the molecule is CCCC(CN)C(C)(O)Cc1ccc(F)cc1. The number of nitrogens with two attached hydrogens (primary N) is 1. The first-order valence-electron chi connectivity index (χ1n) is 6.16. The monoisotopic (exact) mass is 239 g/mol. The third-order valence-electron chi connectivity index (χ3n) is 3.28. The second-order valence-electron chi connectivity index (χ2n) is 4.88. The van der Waals surface area contributed by atoms with Gasteiger partial charge in [0, 0.05) is 6.42 Å². The summed E-state index contributed by atoms with van der Waals surface area (Å²) in [6, 6.07) is 6.26. The maximum atomic E-state index is 12.8. The average molecular weight is 239 g/mol. The third-order valence-corrected chi connectivity index (χ3v) is 3.28. The van der Waals surface area contributed by atoms with E-state index in [2.05, 4.69) is 6.92 Å². The number of hydrogen-bond donors (Lipinski definition) is 2. The van der Waals surface area contributed by atoms with Gasteiger partial charge in [0.1, 0.15) is 5.82 Å². The highest BCUT2D eigenvalue weighted by molar-refractivity contribution is 5.18. The molecule has 1 aromatic rings. The Morgan fingerprint density at radius 2 is 1.94 bits per heavy atom. The molecule has 0 fully saturated rings. The highest BCUT2D eigenvalue weighted by atomic mass is 19.1. The topological polar surface area (TPSA) is 46.2 Å². The summed E-state index contributed by atoms with van der Waals surface area (Å²) >= 11 is 0. The molecule has 17 heavy (non-hydrogen) atoms. The minimum Gasteiger partial charge on any atom is -0.389 e. The Balaban J connectivity index is 2.73. The Labute approximate surface area is 103 Å². The van der Waals surface area contributed by atoms with Crippen molar-refractivity contribution >= 4 is 0 Å². The summed E-state index contributed by atoms with van der Waals surface area (Å²) in [6.45, 7) is 4.36. The summed E-state index contributed by atoms with van der Waals surface area (Å²) in [5, 5.41) is 10.5. The molecule has 0 radical (unpaired) electrons. The summed E-state index contributed by atoms with van der Waals surface area (Å²) < 4.78 is 12.8. The second-order valence-corrected chi connectivity index (χ2v) is 4.88. The third kappa shape index (κ3) is 4.10. The molecular formula is C14H22FNO. The van der Waals surface area contributed by atoms with Gasteiger partial charge in [-0.3, -0.25) is 0 Å². The summed E-state index contributed by atoms with van der Waals surface area (Å²) in [7, 11) is 0. The molecule has 0 bridgehead atoms. The molecule has 0 aromatic heterocycles. The number of halogens is 1. The lowest BCUT2D eigenvalue weighted by Crippen LogP contribution is -2.41. The summed E-state index contributed by atoms with van der Waals surface area (Å²) in [5.74, 6) is -0.171. The van der Waals surface area contributed by atoms with E-state index >= 15 is 0 Å². The lowest BCUT2D eigenvalue weighted by molar-refractivity contribution is -0.000997. The normalized spacial score (nSPS) is 16.5. The Morgan fingerprint density at radius 3 is 2.41 bits per heavy atom. The molecule has 0 heterocycles. The van der Waals surface area contributed by atoms with Crippen molar-refractivity contribution in [3.8, 4) is 0 Å². The smallest absolute Gasteiger partial charge is 0.123 e. The Hall–Kier alpha value is -0.930. The number of aliphatic hydroxyl groups is 1. The summed E-state index contributed by atoms with van der Waals surface area (Å²) in [6.07, 6.45) is 2.42. The zero-order valence-electron chi connectivity index (χ0n) is 10.6. The molecular weight excluding hydrogens is 217 g/mol. The van der Waals surface area contributed by atoms with Crippen LogP contribution >= 0.6 is 0 Å². The van der Waals surface area contributed by atoms with E-state index in [-0.39, 0.29) is 11.7 Å². The highest BCUT2D eigenvalue weighted by Gasteiger charge is 2.30. The van der Waals surface area contributed by atoms with Crippen LogP contribution < -0.4 is 5.73 Å². The van der Waals surface area contributed by atoms with Crippen LogP contribution in [0.3, 0.4) is 0 Å². The van der Waals surface area contributed by atoms with Crippen LogP contribution in [0.2, 0.25) is 0 Å². The Kier molecular flexibility index (Phi) is 5.09. The minimum absolute atomic E-state index is 0.0811. The molecule has 2 atom stereocenters. The van der Waals surface area contributed by atoms with Crippen LogP contribution in [0.25, 0.3) is 0 Å². The molecule has 2 unspecified atom stereocenters. The van der Waals surface area contributed by atoms with Gasteiger partial charge in [0.15, 0.2) is 0 Å². The predicted molar refractivity (Wildman–Crippen MR) is 68.2 cm³/mol. The fraction of sp³-hybridized carbons (Fsp3) is 0.571. The highest BCUT2D eigenvalue weighted by Crippen LogP contribution is 2.25. The first-order chi connectivity index (χ1) is 7.99. The maximum Gasteiger partial charge on any atom is 0.123 e. The van der Waals surface area contributed by atoms with Crippen molar-refractivity contribution in [3.63, 3.8) is 0 Å². The lowest BCUT2D eigenvalue weighted by Gasteiger charge is -2.32. The van der Waals surface area contributed by atoms with Gasteiger partial charge in [-0.1, -0.05) is 25.5 Å². The van der Waals surface area contributed by atoms with E-state index in [1.807, 2.05) is 6.92 Å². The molecule has 0 spiro atoms. The van der Waals surface area contributed by atoms with Crippen LogP contribution in [0, 0.1) is 11.7 Å². The lowest BCUT2D eigenvalue weighted by atomic mass is 9.81. The van der Waals surface area contributed by atoms with Crippen molar-refractivity contribution in [3.05, 3.63) is 35.6 Å². The zero-order valence-corrected chi connectivity index (χ0v) is 10.6. The number of rotatable bonds is 6. The molecule has 3 heteroatoms. The van der Waals surface area contributed by atoms with Crippen molar-refractivity contribution < 1.29 is 9.50 Å². The quantitative estimate of drug-likeness (QED) is 0.801. The Bertz CT molecular complexity index is 335. The molecule has 1 aromatic carbocycles. The largest absolute Gasteiger partial charge is 0.389 e. The fourth-order valence-corrected chi connectivity index (χ4v) is 2.19. The van der Waals surface area contributed by atoms with Gasteiger partial charge >= 0.3 is 0 Å². The van der Waals surface area contributed by atoms with Crippen molar-refractivity contribution in [1.82, 2.24) is 0 Å². The molecule has 0 saturated heterocycles. The van der Waals surface area contributed by atoms with Gasteiger partial charge < -0.3 is 10.8 Å². The van der Waals surface area contributed by atoms with Gasteiger partial charge in [0.2, 0.25) is 0 Å². The van der Waals surface area contributed by atoms with E-state index in [0.29, 0.717) is 13.0 Å². The molecule has 0 aliphatic carbocycles. The Morgan fingerprint density at radius 1 is 1.35 bits per heavy atom.